The van der Waals surface area contributed by atoms with Crippen LogP contribution < -0.4 is 5.32 Å². The highest BCUT2D eigenvalue weighted by Gasteiger charge is 2.00. The van der Waals surface area contributed by atoms with Gasteiger partial charge in [0.05, 0.1) is 6.67 Å². The fraction of sp³-hybridized carbons (Fsp3) is 0.667. The van der Waals surface area contributed by atoms with Gasteiger partial charge in [-0.3, -0.25) is 5.32 Å². The fourth-order valence-corrected chi connectivity index (χ4v) is 0.733. The van der Waals surface area contributed by atoms with Gasteiger partial charge in [-0.05, 0) is 6.92 Å². The zero-order chi connectivity index (χ0) is 5.98. The summed E-state index contributed by atoms with van der Waals surface area (Å²) in [5.74, 6) is 0. The van der Waals surface area contributed by atoms with E-state index in [2.05, 4.69) is 30.3 Å². The monoisotopic (exact) mass is 112 g/mol. The molecule has 0 aliphatic carbocycles. The van der Waals surface area contributed by atoms with E-state index in [1.165, 1.54) is 5.70 Å². The van der Waals surface area contributed by atoms with Gasteiger partial charge in [0.2, 0.25) is 0 Å². The molecule has 2 nitrogen and oxygen atoms in total. The first-order chi connectivity index (χ1) is 3.80. The lowest BCUT2D eigenvalue weighted by atomic mass is 10.3. The van der Waals surface area contributed by atoms with Crippen LogP contribution in [0.25, 0.3) is 0 Å². The number of nitrogens with one attached hydrogen (secondary N) is 1. The number of nitrogens with zero attached hydrogens (tertiary/aromatic N) is 1. The second-order valence-electron chi connectivity index (χ2n) is 2.16. The highest BCUT2D eigenvalue weighted by atomic mass is 15.2. The zero-order valence-corrected chi connectivity index (χ0v) is 5.44. The molecular formula is C6H12N2. The highest BCUT2D eigenvalue weighted by molar-refractivity contribution is 5.00. The standard InChI is InChI=1S/C6H12N2/c1-6-3-4-7-5-8(6)2/h3,7H,4-5H2,1-2H3. The Kier molecular flexibility index (Phi) is 1.53. The van der Waals surface area contributed by atoms with Gasteiger partial charge in [-0.15, -0.1) is 0 Å². The van der Waals surface area contributed by atoms with Crippen molar-refractivity contribution in [1.29, 1.82) is 0 Å². The molecule has 8 heavy (non-hydrogen) atoms. The molecule has 0 aromatic rings. The van der Waals surface area contributed by atoms with Gasteiger partial charge < -0.3 is 4.90 Å². The van der Waals surface area contributed by atoms with Gasteiger partial charge in [0, 0.05) is 19.3 Å². The maximum Gasteiger partial charge on any atom is 0.0678 e. The van der Waals surface area contributed by atoms with E-state index in [0.717, 1.165) is 13.2 Å². The van der Waals surface area contributed by atoms with Gasteiger partial charge in [-0.1, -0.05) is 6.08 Å². The molecule has 0 saturated heterocycles. The van der Waals surface area contributed by atoms with Crippen LogP contribution in [0.15, 0.2) is 11.8 Å². The van der Waals surface area contributed by atoms with Crippen LogP contribution >= 0.6 is 0 Å². The Morgan fingerprint density at radius 3 is 2.88 bits per heavy atom. The lowest BCUT2D eigenvalue weighted by Gasteiger charge is -2.24. The first-order valence-electron chi connectivity index (χ1n) is 2.89. The molecule has 0 saturated carbocycles. The average molecular weight is 112 g/mol. The summed E-state index contributed by atoms with van der Waals surface area (Å²) in [6.07, 6.45) is 2.18. The van der Waals surface area contributed by atoms with Gasteiger partial charge in [0.15, 0.2) is 0 Å². The van der Waals surface area contributed by atoms with E-state index < -0.39 is 0 Å². The summed E-state index contributed by atoms with van der Waals surface area (Å²) < 4.78 is 0. The second kappa shape index (κ2) is 2.18. The van der Waals surface area contributed by atoms with Crippen molar-refractivity contribution in [3.05, 3.63) is 11.8 Å². The normalized spacial score (nSPS) is 20.8. The lowest BCUT2D eigenvalue weighted by molar-refractivity contribution is 0.366. The first kappa shape index (κ1) is 5.63. The molecule has 0 amide bonds. The maximum atomic E-state index is 3.21. The smallest absolute Gasteiger partial charge is 0.0678 e. The summed E-state index contributed by atoms with van der Waals surface area (Å²) in [6.45, 7) is 4.14. The number of allylic oxidation sites excluding steroid dienone is 1. The van der Waals surface area contributed by atoms with Crippen LogP contribution in [-0.4, -0.2) is 25.2 Å². The van der Waals surface area contributed by atoms with E-state index in [0.29, 0.717) is 0 Å². The molecule has 1 aliphatic heterocycles. The third-order valence-corrected chi connectivity index (χ3v) is 1.49. The largest absolute Gasteiger partial charge is 0.366 e. The van der Waals surface area contributed by atoms with E-state index in [4.69, 9.17) is 0 Å². The molecule has 0 atom stereocenters. The summed E-state index contributed by atoms with van der Waals surface area (Å²) in [4.78, 5) is 2.18. The molecule has 1 heterocycles. The summed E-state index contributed by atoms with van der Waals surface area (Å²) >= 11 is 0. The molecule has 0 unspecified atom stereocenters. The second-order valence-corrected chi connectivity index (χ2v) is 2.16. The molecule has 1 N–H and O–H groups in total. The molecular weight excluding hydrogens is 100 g/mol. The van der Waals surface area contributed by atoms with Crippen molar-refractivity contribution in [3.8, 4) is 0 Å². The molecule has 0 fully saturated rings. The van der Waals surface area contributed by atoms with Crippen molar-refractivity contribution in [3.63, 3.8) is 0 Å². The van der Waals surface area contributed by atoms with Gasteiger partial charge >= 0.3 is 0 Å². The van der Waals surface area contributed by atoms with Crippen LogP contribution in [0.3, 0.4) is 0 Å². The van der Waals surface area contributed by atoms with Crippen LogP contribution in [0.5, 0.6) is 0 Å². The van der Waals surface area contributed by atoms with Gasteiger partial charge in [0.25, 0.3) is 0 Å². The Bertz CT molecular complexity index is 107. The molecule has 2 heteroatoms. The van der Waals surface area contributed by atoms with Crippen LogP contribution in [0, 0.1) is 0 Å². The minimum atomic E-state index is 0.988. The fourth-order valence-electron chi connectivity index (χ4n) is 0.733. The minimum Gasteiger partial charge on any atom is -0.366 e. The predicted molar refractivity (Wildman–Crippen MR) is 34.4 cm³/mol. The molecule has 46 valence electrons. The summed E-state index contributed by atoms with van der Waals surface area (Å²) in [5.41, 5.74) is 1.36. The Morgan fingerprint density at radius 2 is 2.50 bits per heavy atom. The Balaban J connectivity index is 2.53. The molecule has 0 aromatic carbocycles. The Morgan fingerprint density at radius 1 is 1.75 bits per heavy atom. The predicted octanol–water partition coefficient (Wildman–Crippen LogP) is 0.383. The van der Waals surface area contributed by atoms with E-state index in [9.17, 15) is 0 Å². The van der Waals surface area contributed by atoms with Crippen molar-refractivity contribution in [2.75, 3.05) is 20.3 Å². The Labute approximate surface area is 50.2 Å². The van der Waals surface area contributed by atoms with Crippen LogP contribution in [0.4, 0.5) is 0 Å². The quantitative estimate of drug-likeness (QED) is 0.487. The zero-order valence-electron chi connectivity index (χ0n) is 5.44. The van der Waals surface area contributed by atoms with Gasteiger partial charge in [0.1, 0.15) is 0 Å². The number of rotatable bonds is 0. The first-order valence-corrected chi connectivity index (χ1v) is 2.89. The van der Waals surface area contributed by atoms with E-state index >= 15 is 0 Å². The number of hydrogen-bond acceptors (Lipinski definition) is 2. The van der Waals surface area contributed by atoms with Gasteiger partial charge in [-0.25, -0.2) is 0 Å². The van der Waals surface area contributed by atoms with Crippen LogP contribution in [0.1, 0.15) is 6.92 Å². The molecule has 0 spiro atoms. The van der Waals surface area contributed by atoms with Crippen LogP contribution in [-0.2, 0) is 0 Å². The molecule has 1 rings (SSSR count). The molecule has 0 radical (unpaired) electrons. The third kappa shape index (κ3) is 1.01. The summed E-state index contributed by atoms with van der Waals surface area (Å²) in [6, 6.07) is 0. The van der Waals surface area contributed by atoms with E-state index in [1.54, 1.807) is 0 Å². The van der Waals surface area contributed by atoms with Crippen molar-refractivity contribution in [1.82, 2.24) is 10.2 Å². The lowest BCUT2D eigenvalue weighted by Crippen LogP contribution is -2.34. The van der Waals surface area contributed by atoms with Crippen molar-refractivity contribution >= 4 is 0 Å². The van der Waals surface area contributed by atoms with E-state index in [1.807, 2.05) is 0 Å². The molecule has 0 aromatic heterocycles. The number of hydrogen-bond donors (Lipinski definition) is 1. The van der Waals surface area contributed by atoms with Crippen molar-refractivity contribution in [2.45, 2.75) is 6.92 Å². The van der Waals surface area contributed by atoms with Crippen molar-refractivity contribution in [2.24, 2.45) is 0 Å². The third-order valence-electron chi connectivity index (χ3n) is 1.49. The topological polar surface area (TPSA) is 15.3 Å². The highest BCUT2D eigenvalue weighted by Crippen LogP contribution is 1.99. The summed E-state index contributed by atoms with van der Waals surface area (Å²) in [7, 11) is 2.08. The van der Waals surface area contributed by atoms with E-state index in [-0.39, 0.29) is 0 Å². The van der Waals surface area contributed by atoms with Gasteiger partial charge in [-0.2, -0.15) is 0 Å². The maximum absolute atomic E-state index is 3.21. The minimum absolute atomic E-state index is 0.988. The Hall–Kier alpha value is -0.500. The molecule has 0 bridgehead atoms. The average Bonchev–Trinajstić information content (AvgIpc) is 1.77. The van der Waals surface area contributed by atoms with Crippen LogP contribution in [0.2, 0.25) is 0 Å². The molecule has 1 aliphatic rings. The van der Waals surface area contributed by atoms with Crippen molar-refractivity contribution < 1.29 is 0 Å². The SMILES string of the molecule is CC1=CCNCN1C. The summed E-state index contributed by atoms with van der Waals surface area (Å²) in [5, 5.41) is 3.21.